The van der Waals surface area contributed by atoms with Crippen LogP contribution in [-0.4, -0.2) is 29.5 Å². The first-order valence-corrected chi connectivity index (χ1v) is 8.83. The van der Waals surface area contributed by atoms with Crippen LogP contribution in [0.15, 0.2) is 40.8 Å². The van der Waals surface area contributed by atoms with Crippen molar-refractivity contribution in [2.24, 2.45) is 5.10 Å². The smallest absolute Gasteiger partial charge is 0.350 e. The fraction of sp³-hybridized carbons (Fsp3) is 0.188. The normalized spacial score (nSPS) is 11.3. The lowest BCUT2D eigenvalue weighted by Crippen LogP contribution is -2.18. The molecule has 0 atom stereocenters. The van der Waals surface area contributed by atoms with Crippen LogP contribution in [0.4, 0.5) is 11.4 Å². The largest absolute Gasteiger partial charge is 0.465 e. The molecule has 0 spiro atoms. The molecule has 1 amide bonds. The zero-order valence-corrected chi connectivity index (χ0v) is 15.7. The van der Waals surface area contributed by atoms with E-state index >= 15 is 0 Å². The second-order valence-electron chi connectivity index (χ2n) is 4.83. The van der Waals surface area contributed by atoms with Gasteiger partial charge in [-0.1, -0.05) is 35.3 Å². The second kappa shape index (κ2) is 8.84. The molecule has 0 unspecified atom stereocenters. The SMILES string of the molecule is COC(=O)c1sccc1N/N=C(/C)c1ccc(NC(=O)C(Cl)Cl)cc1. The maximum atomic E-state index is 11.6. The lowest BCUT2D eigenvalue weighted by atomic mass is 10.1. The number of esters is 1. The number of benzene rings is 1. The summed E-state index contributed by atoms with van der Waals surface area (Å²) in [6.07, 6.45) is 0. The van der Waals surface area contributed by atoms with Gasteiger partial charge in [0.25, 0.3) is 5.91 Å². The number of nitrogens with one attached hydrogen (secondary N) is 2. The number of carbonyl (C=O) groups is 2. The number of thiophene rings is 1. The monoisotopic (exact) mass is 399 g/mol. The van der Waals surface area contributed by atoms with Crippen LogP contribution >= 0.6 is 34.5 Å². The number of nitrogens with zero attached hydrogens (tertiary/aromatic N) is 1. The van der Waals surface area contributed by atoms with Crippen LogP contribution in [0.1, 0.15) is 22.2 Å². The van der Waals surface area contributed by atoms with Gasteiger partial charge in [0, 0.05) is 5.69 Å². The molecule has 6 nitrogen and oxygen atoms in total. The van der Waals surface area contributed by atoms with Gasteiger partial charge in [0.15, 0.2) is 4.84 Å². The van der Waals surface area contributed by atoms with E-state index in [0.29, 0.717) is 22.0 Å². The third kappa shape index (κ3) is 5.19. The van der Waals surface area contributed by atoms with Gasteiger partial charge in [-0.15, -0.1) is 11.3 Å². The van der Waals surface area contributed by atoms with Gasteiger partial charge in [-0.3, -0.25) is 10.2 Å². The van der Waals surface area contributed by atoms with Crippen LogP contribution in [0.3, 0.4) is 0 Å². The third-order valence-corrected chi connectivity index (χ3v) is 4.44. The Morgan fingerprint density at radius 3 is 2.48 bits per heavy atom. The predicted molar refractivity (Wildman–Crippen MR) is 102 cm³/mol. The fourth-order valence-corrected chi connectivity index (χ4v) is 2.72. The van der Waals surface area contributed by atoms with E-state index in [-0.39, 0.29) is 0 Å². The van der Waals surface area contributed by atoms with Crippen LogP contribution in [0.25, 0.3) is 0 Å². The highest BCUT2D eigenvalue weighted by Gasteiger charge is 2.13. The molecule has 0 fully saturated rings. The first-order valence-electron chi connectivity index (χ1n) is 7.08. The van der Waals surface area contributed by atoms with Crippen LogP contribution in [0.5, 0.6) is 0 Å². The van der Waals surface area contributed by atoms with Gasteiger partial charge in [-0.25, -0.2) is 4.79 Å². The van der Waals surface area contributed by atoms with Crippen LogP contribution < -0.4 is 10.7 Å². The molecule has 9 heteroatoms. The van der Waals surface area contributed by atoms with E-state index in [1.54, 1.807) is 35.7 Å². The maximum Gasteiger partial charge on any atom is 0.350 e. The molecule has 0 aliphatic rings. The molecule has 0 radical (unpaired) electrons. The molecule has 1 heterocycles. The van der Waals surface area contributed by atoms with Crippen molar-refractivity contribution in [1.82, 2.24) is 0 Å². The van der Waals surface area contributed by atoms with Crippen molar-refractivity contribution >= 4 is 63.5 Å². The molecule has 0 aliphatic heterocycles. The Kier molecular flexibility index (Phi) is 6.81. The highest BCUT2D eigenvalue weighted by Crippen LogP contribution is 2.23. The summed E-state index contributed by atoms with van der Waals surface area (Å²) in [6, 6.07) is 8.77. The fourth-order valence-electron chi connectivity index (χ4n) is 1.85. The van der Waals surface area contributed by atoms with E-state index in [9.17, 15) is 9.59 Å². The van der Waals surface area contributed by atoms with E-state index in [0.717, 1.165) is 5.56 Å². The molecule has 2 aromatic rings. The number of halogens is 2. The molecule has 0 saturated carbocycles. The molecule has 0 aliphatic carbocycles. The summed E-state index contributed by atoms with van der Waals surface area (Å²) in [6.45, 7) is 1.82. The maximum absolute atomic E-state index is 11.6. The minimum Gasteiger partial charge on any atom is -0.465 e. The lowest BCUT2D eigenvalue weighted by molar-refractivity contribution is -0.114. The lowest BCUT2D eigenvalue weighted by Gasteiger charge is -2.07. The Morgan fingerprint density at radius 2 is 1.88 bits per heavy atom. The zero-order valence-electron chi connectivity index (χ0n) is 13.4. The Labute approximate surface area is 158 Å². The van der Waals surface area contributed by atoms with Gasteiger partial charge in [0.05, 0.1) is 18.5 Å². The average molecular weight is 400 g/mol. The quantitative estimate of drug-likeness (QED) is 0.331. The zero-order chi connectivity index (χ0) is 18.4. The molecule has 2 rings (SSSR count). The summed E-state index contributed by atoms with van der Waals surface area (Å²) < 4.78 is 4.72. The summed E-state index contributed by atoms with van der Waals surface area (Å²) in [7, 11) is 1.33. The molecule has 0 bridgehead atoms. The Morgan fingerprint density at radius 1 is 1.20 bits per heavy atom. The van der Waals surface area contributed by atoms with Crippen molar-refractivity contribution in [2.75, 3.05) is 17.9 Å². The highest BCUT2D eigenvalue weighted by atomic mass is 35.5. The van der Waals surface area contributed by atoms with E-state index in [2.05, 4.69) is 15.8 Å². The van der Waals surface area contributed by atoms with Crippen molar-refractivity contribution in [2.45, 2.75) is 11.8 Å². The number of hydrazone groups is 1. The minimum atomic E-state index is -1.12. The number of amides is 1. The van der Waals surface area contributed by atoms with E-state index < -0.39 is 16.7 Å². The average Bonchev–Trinajstić information content (AvgIpc) is 3.08. The minimum absolute atomic E-state index is 0.415. The summed E-state index contributed by atoms with van der Waals surface area (Å²) in [5, 5.41) is 8.62. The molecule has 1 aromatic carbocycles. The van der Waals surface area contributed by atoms with Gasteiger partial charge >= 0.3 is 5.97 Å². The number of ether oxygens (including phenoxy) is 1. The van der Waals surface area contributed by atoms with E-state index in [1.165, 1.54) is 18.4 Å². The molecule has 25 heavy (non-hydrogen) atoms. The summed E-state index contributed by atoms with van der Waals surface area (Å²) >= 11 is 12.3. The first kappa shape index (κ1) is 19.2. The third-order valence-electron chi connectivity index (χ3n) is 3.15. The van der Waals surface area contributed by atoms with Crippen LogP contribution in [-0.2, 0) is 9.53 Å². The number of carbonyl (C=O) groups excluding carboxylic acids is 2. The van der Waals surface area contributed by atoms with Gasteiger partial charge < -0.3 is 10.1 Å². The van der Waals surface area contributed by atoms with Crippen molar-refractivity contribution in [3.63, 3.8) is 0 Å². The standard InChI is InChI=1S/C16H15Cl2N3O3S/c1-9(20-21-12-7-8-25-13(12)16(23)24-2)10-3-5-11(6-4-10)19-15(22)14(17)18/h3-8,14,21H,1-2H3,(H,19,22)/b20-9-. The Hall–Kier alpha value is -2.09. The molecule has 0 saturated heterocycles. The summed E-state index contributed by atoms with van der Waals surface area (Å²) in [5.74, 6) is -0.904. The van der Waals surface area contributed by atoms with E-state index in [1.807, 2.05) is 6.92 Å². The molecular weight excluding hydrogens is 385 g/mol. The van der Waals surface area contributed by atoms with Gasteiger partial charge in [0.2, 0.25) is 0 Å². The van der Waals surface area contributed by atoms with Crippen LogP contribution in [0, 0.1) is 0 Å². The van der Waals surface area contributed by atoms with Gasteiger partial charge in [-0.05, 0) is 36.1 Å². The molecule has 132 valence electrons. The number of hydrogen-bond acceptors (Lipinski definition) is 6. The summed E-state index contributed by atoms with van der Waals surface area (Å²) in [5.41, 5.74) is 5.56. The summed E-state index contributed by atoms with van der Waals surface area (Å²) in [4.78, 5) is 22.4. The molecular formula is C16H15Cl2N3O3S. The second-order valence-corrected chi connectivity index (χ2v) is 6.84. The van der Waals surface area contributed by atoms with Gasteiger partial charge in [0.1, 0.15) is 4.88 Å². The number of methoxy groups -OCH3 is 1. The van der Waals surface area contributed by atoms with Crippen molar-refractivity contribution in [3.8, 4) is 0 Å². The van der Waals surface area contributed by atoms with Gasteiger partial charge in [-0.2, -0.15) is 5.10 Å². The predicted octanol–water partition coefficient (Wildman–Crippen LogP) is 4.11. The topological polar surface area (TPSA) is 79.8 Å². The molecule has 2 N–H and O–H groups in total. The van der Waals surface area contributed by atoms with E-state index in [4.69, 9.17) is 27.9 Å². The Balaban J connectivity index is 2.06. The number of rotatable bonds is 6. The number of hydrogen-bond donors (Lipinski definition) is 2. The van der Waals surface area contributed by atoms with Crippen molar-refractivity contribution < 1.29 is 14.3 Å². The molecule has 1 aromatic heterocycles. The van der Waals surface area contributed by atoms with Crippen molar-refractivity contribution in [3.05, 3.63) is 46.2 Å². The highest BCUT2D eigenvalue weighted by molar-refractivity contribution is 7.12. The number of anilines is 2. The van der Waals surface area contributed by atoms with Crippen LogP contribution in [0.2, 0.25) is 0 Å². The first-order chi connectivity index (χ1) is 11.9. The Bertz CT molecular complexity index is 788. The van der Waals surface area contributed by atoms with Crippen molar-refractivity contribution in [1.29, 1.82) is 0 Å². The number of alkyl halides is 2.